The summed E-state index contributed by atoms with van der Waals surface area (Å²) < 4.78 is 6.01. The average Bonchev–Trinajstić information content (AvgIpc) is 2.68. The first kappa shape index (κ1) is 11.4. The van der Waals surface area contributed by atoms with Gasteiger partial charge in [-0.05, 0) is 23.7 Å². The third-order valence-corrected chi connectivity index (χ3v) is 2.39. The first-order chi connectivity index (χ1) is 8.00. The Morgan fingerprint density at radius 1 is 1.53 bits per heavy atom. The first-order valence-corrected chi connectivity index (χ1v) is 4.94. The minimum atomic E-state index is -1.34. The highest BCUT2D eigenvalue weighted by atomic mass is 35.5. The molecule has 7 heteroatoms. The Morgan fingerprint density at radius 2 is 2.24 bits per heavy atom. The molecule has 17 heavy (non-hydrogen) atoms. The van der Waals surface area contributed by atoms with Gasteiger partial charge in [0, 0.05) is 7.05 Å². The van der Waals surface area contributed by atoms with Gasteiger partial charge in [0.15, 0.2) is 5.22 Å². The van der Waals surface area contributed by atoms with Crippen molar-refractivity contribution in [3.05, 3.63) is 39.5 Å². The number of hydrogen-bond acceptors (Lipinski definition) is 4. The minimum absolute atomic E-state index is 0.104. The molecule has 0 amide bonds. The fourth-order valence-corrected chi connectivity index (χ4v) is 1.54. The van der Waals surface area contributed by atoms with Crippen molar-refractivity contribution in [1.29, 1.82) is 0 Å². The Kier molecular flexibility index (Phi) is 2.72. The van der Waals surface area contributed by atoms with E-state index >= 15 is 0 Å². The molecule has 88 valence electrons. The highest BCUT2D eigenvalue weighted by Gasteiger charge is 2.20. The zero-order chi connectivity index (χ0) is 12.6. The van der Waals surface area contributed by atoms with Crippen molar-refractivity contribution in [2.75, 3.05) is 0 Å². The molecule has 2 aromatic heterocycles. The van der Waals surface area contributed by atoms with E-state index in [4.69, 9.17) is 21.1 Å². The van der Waals surface area contributed by atoms with Crippen LogP contribution >= 0.6 is 11.6 Å². The van der Waals surface area contributed by atoms with E-state index in [1.54, 1.807) is 0 Å². The van der Waals surface area contributed by atoms with E-state index < -0.39 is 17.1 Å². The number of hydrogen-bond donors (Lipinski definition) is 1. The smallest absolute Gasteiger partial charge is 0.342 e. The minimum Gasteiger partial charge on any atom is -0.477 e. The number of furan rings is 1. The standard InChI is InChI=1S/C10H7ClN2O4/c1-13-9(14)8(10(15)16)5(4-12-13)6-2-3-7(11)17-6/h2-4H,1H3,(H,15,16). The number of carboxylic acid groups (broad SMARTS) is 1. The molecule has 0 spiro atoms. The molecule has 0 radical (unpaired) electrons. The van der Waals surface area contributed by atoms with Gasteiger partial charge >= 0.3 is 5.97 Å². The summed E-state index contributed by atoms with van der Waals surface area (Å²) in [6.45, 7) is 0. The van der Waals surface area contributed by atoms with Gasteiger partial charge in [0.2, 0.25) is 0 Å². The first-order valence-electron chi connectivity index (χ1n) is 4.56. The zero-order valence-electron chi connectivity index (χ0n) is 8.68. The molecule has 0 fully saturated rings. The number of nitrogens with zero attached hydrogens (tertiary/aromatic N) is 2. The van der Waals surface area contributed by atoms with Gasteiger partial charge in [0.1, 0.15) is 11.3 Å². The van der Waals surface area contributed by atoms with Crippen molar-refractivity contribution >= 4 is 17.6 Å². The second-order valence-corrected chi connectivity index (χ2v) is 3.64. The lowest BCUT2D eigenvalue weighted by molar-refractivity contribution is 0.0694. The van der Waals surface area contributed by atoms with E-state index in [-0.39, 0.29) is 16.5 Å². The van der Waals surface area contributed by atoms with Gasteiger partial charge < -0.3 is 9.52 Å². The second-order valence-electron chi connectivity index (χ2n) is 3.27. The predicted octanol–water partition coefficient (Wildman–Crippen LogP) is 1.39. The summed E-state index contributed by atoms with van der Waals surface area (Å²) in [5.74, 6) is -1.15. The molecule has 2 heterocycles. The topological polar surface area (TPSA) is 85.3 Å². The van der Waals surface area contributed by atoms with Crippen LogP contribution in [0.25, 0.3) is 11.3 Å². The summed E-state index contributed by atoms with van der Waals surface area (Å²) in [5, 5.41) is 12.9. The molecule has 0 atom stereocenters. The van der Waals surface area contributed by atoms with Crippen LogP contribution < -0.4 is 5.56 Å². The van der Waals surface area contributed by atoms with Crippen LogP contribution in [-0.2, 0) is 7.05 Å². The molecule has 0 aliphatic heterocycles. The quantitative estimate of drug-likeness (QED) is 0.875. The van der Waals surface area contributed by atoms with Crippen molar-refractivity contribution in [1.82, 2.24) is 9.78 Å². The average molecular weight is 255 g/mol. The summed E-state index contributed by atoms with van der Waals surface area (Å²) in [6.07, 6.45) is 1.25. The molecule has 0 bridgehead atoms. The third kappa shape index (κ3) is 1.94. The molecule has 2 aromatic rings. The van der Waals surface area contributed by atoms with Crippen LogP contribution in [0.3, 0.4) is 0 Å². The normalized spacial score (nSPS) is 10.5. The van der Waals surface area contributed by atoms with E-state index in [0.717, 1.165) is 4.68 Å². The van der Waals surface area contributed by atoms with Gasteiger partial charge in [-0.1, -0.05) is 0 Å². The molecular formula is C10H7ClN2O4. The van der Waals surface area contributed by atoms with E-state index in [9.17, 15) is 9.59 Å². The predicted molar refractivity (Wildman–Crippen MR) is 59.1 cm³/mol. The Balaban J connectivity index is 2.74. The fourth-order valence-electron chi connectivity index (χ4n) is 1.39. The number of aryl methyl sites for hydroxylation is 1. The second kappa shape index (κ2) is 4.06. The maximum absolute atomic E-state index is 11.7. The Morgan fingerprint density at radius 3 is 2.76 bits per heavy atom. The maximum atomic E-state index is 11.7. The van der Waals surface area contributed by atoms with Crippen molar-refractivity contribution in [3.63, 3.8) is 0 Å². The molecule has 0 aromatic carbocycles. The molecule has 2 rings (SSSR count). The Labute approximate surface area is 100 Å². The number of aromatic nitrogens is 2. The molecule has 0 saturated heterocycles. The molecule has 0 aliphatic carbocycles. The van der Waals surface area contributed by atoms with Crippen LogP contribution in [-0.4, -0.2) is 20.9 Å². The molecular weight excluding hydrogens is 248 g/mol. The van der Waals surface area contributed by atoms with Gasteiger partial charge in [-0.2, -0.15) is 5.10 Å². The summed E-state index contributed by atoms with van der Waals surface area (Å²) in [6, 6.07) is 2.94. The van der Waals surface area contributed by atoms with E-state index in [1.807, 2.05) is 0 Å². The lowest BCUT2D eigenvalue weighted by Gasteiger charge is -2.03. The van der Waals surface area contributed by atoms with E-state index in [2.05, 4.69) is 5.10 Å². The van der Waals surface area contributed by atoms with Crippen molar-refractivity contribution in [2.24, 2.45) is 7.05 Å². The van der Waals surface area contributed by atoms with Crippen LogP contribution in [0.2, 0.25) is 5.22 Å². The zero-order valence-corrected chi connectivity index (χ0v) is 9.43. The van der Waals surface area contributed by atoms with Gasteiger partial charge in [0.05, 0.1) is 11.8 Å². The van der Waals surface area contributed by atoms with Crippen LogP contribution in [0, 0.1) is 0 Å². The van der Waals surface area contributed by atoms with Crippen LogP contribution in [0.5, 0.6) is 0 Å². The number of rotatable bonds is 2. The largest absolute Gasteiger partial charge is 0.477 e. The molecule has 1 N–H and O–H groups in total. The monoisotopic (exact) mass is 254 g/mol. The van der Waals surface area contributed by atoms with Crippen LogP contribution in [0.4, 0.5) is 0 Å². The van der Waals surface area contributed by atoms with Gasteiger partial charge in [-0.3, -0.25) is 4.79 Å². The third-order valence-electron chi connectivity index (χ3n) is 2.19. The molecule has 0 unspecified atom stereocenters. The summed E-state index contributed by atoms with van der Waals surface area (Å²) in [7, 11) is 1.37. The molecule has 0 aliphatic rings. The maximum Gasteiger partial charge on any atom is 0.342 e. The molecule has 6 nitrogen and oxygen atoms in total. The summed E-state index contributed by atoms with van der Waals surface area (Å²) in [4.78, 5) is 22.7. The highest BCUT2D eigenvalue weighted by Crippen LogP contribution is 2.25. The number of aromatic carboxylic acids is 1. The highest BCUT2D eigenvalue weighted by molar-refractivity contribution is 6.29. The fraction of sp³-hybridized carbons (Fsp3) is 0.100. The van der Waals surface area contributed by atoms with Gasteiger partial charge in [0.25, 0.3) is 5.56 Å². The lowest BCUT2D eigenvalue weighted by atomic mass is 10.1. The molecule has 0 saturated carbocycles. The van der Waals surface area contributed by atoms with Crippen molar-refractivity contribution in [3.8, 4) is 11.3 Å². The van der Waals surface area contributed by atoms with E-state index in [0.29, 0.717) is 0 Å². The van der Waals surface area contributed by atoms with Crippen molar-refractivity contribution < 1.29 is 14.3 Å². The number of carboxylic acids is 1. The number of halogens is 1. The van der Waals surface area contributed by atoms with Gasteiger partial charge in [-0.25, -0.2) is 9.48 Å². The van der Waals surface area contributed by atoms with Gasteiger partial charge in [-0.15, -0.1) is 0 Å². The number of carbonyl (C=O) groups is 1. The van der Waals surface area contributed by atoms with Crippen LogP contribution in [0.1, 0.15) is 10.4 Å². The Hall–Kier alpha value is -2.08. The Bertz CT molecular complexity index is 644. The SMILES string of the molecule is Cn1ncc(-c2ccc(Cl)o2)c(C(=O)O)c1=O. The van der Waals surface area contributed by atoms with Crippen molar-refractivity contribution in [2.45, 2.75) is 0 Å². The van der Waals surface area contributed by atoms with E-state index in [1.165, 1.54) is 25.4 Å². The summed E-state index contributed by atoms with van der Waals surface area (Å²) >= 11 is 5.60. The van der Waals surface area contributed by atoms with Crippen LogP contribution in [0.15, 0.2) is 27.5 Å². The summed E-state index contributed by atoms with van der Waals surface area (Å²) in [5.41, 5.74) is -0.997. The lowest BCUT2D eigenvalue weighted by Crippen LogP contribution is -2.27.